The Bertz CT molecular complexity index is 1730. The van der Waals surface area contributed by atoms with Gasteiger partial charge in [-0.1, -0.05) is 32.4 Å². The SMILES string of the molecule is CC1O[C@H](C(=O)N[C@@H](C(=O)NC(CCCNC(N)=O)C(=O)Nc2ccc(CCNC(=O)OC(C)(C)C)cc2)C(C)C)C(O)[C@H](O)C1NC(=O)CCCCCN1C(=O)C=CC1=O. The van der Waals surface area contributed by atoms with E-state index in [1.807, 2.05) is 0 Å². The van der Waals surface area contributed by atoms with Crippen LogP contribution in [0.25, 0.3) is 0 Å². The lowest BCUT2D eigenvalue weighted by Gasteiger charge is -2.41. The summed E-state index contributed by atoms with van der Waals surface area (Å²) < 4.78 is 11.0. The van der Waals surface area contributed by atoms with Crippen LogP contribution in [0.5, 0.6) is 0 Å². The number of hydrogen-bond acceptors (Lipinski definition) is 12. The molecule has 4 unspecified atom stereocenters. The second-order valence-corrected chi connectivity index (χ2v) is 16.4. The van der Waals surface area contributed by atoms with Crippen molar-refractivity contribution in [2.75, 3.05) is 25.0 Å². The van der Waals surface area contributed by atoms with Crippen LogP contribution >= 0.6 is 0 Å². The predicted octanol–water partition coefficient (Wildman–Crippen LogP) is 0.246. The number of amides is 9. The Morgan fingerprint density at radius 3 is 2.13 bits per heavy atom. The average molecular weight is 859 g/mol. The zero-order valence-electron chi connectivity index (χ0n) is 35.7. The Hall–Kier alpha value is -5.60. The number of nitrogens with one attached hydrogen (secondary N) is 6. The number of nitrogens with zero attached hydrogens (tertiary/aromatic N) is 1. The Kier molecular flexibility index (Phi) is 19.1. The summed E-state index contributed by atoms with van der Waals surface area (Å²) in [4.78, 5) is 101. The molecule has 10 N–H and O–H groups in total. The number of anilines is 1. The Morgan fingerprint density at radius 2 is 1.52 bits per heavy atom. The lowest BCUT2D eigenvalue weighted by molar-refractivity contribution is -0.189. The molecule has 1 saturated heterocycles. The standard InChI is InChI=1S/C41H62N8O12/c1-23(2)31(48-38(57)35-34(54)33(53)32(24(3)60-35)47-28(50)12-8-7-9-22-49-29(51)17-18-30(49)52)37(56)46-27(11-10-20-43-39(42)58)36(55)45-26-15-13-25(14-16-26)19-21-44-40(59)61-41(4,5)6/h13-18,23-24,27,31-35,53-54H,7-12,19-22H2,1-6H3,(H,44,59)(H,45,55)(H,46,56)(H,47,50)(H,48,57)(H3,42,43,58)/t24?,27?,31-,32?,33-,34?,35+/m1/s1. The van der Waals surface area contributed by atoms with Crippen molar-refractivity contribution in [1.29, 1.82) is 0 Å². The number of aliphatic hydroxyl groups is 2. The number of benzene rings is 1. The predicted molar refractivity (Wildman–Crippen MR) is 221 cm³/mol. The fourth-order valence-electron chi connectivity index (χ4n) is 6.55. The van der Waals surface area contributed by atoms with Crippen LogP contribution in [0, 0.1) is 5.92 Å². The number of carbonyl (C=O) groups excluding carboxylic acids is 8. The van der Waals surface area contributed by atoms with Crippen LogP contribution in [0.2, 0.25) is 0 Å². The van der Waals surface area contributed by atoms with E-state index < -0.39 is 89.8 Å². The number of carbonyl (C=O) groups is 8. The van der Waals surface area contributed by atoms with Gasteiger partial charge in [0.1, 0.15) is 29.9 Å². The largest absolute Gasteiger partial charge is 0.444 e. The van der Waals surface area contributed by atoms with Crippen LogP contribution in [0.3, 0.4) is 0 Å². The van der Waals surface area contributed by atoms with E-state index in [1.54, 1.807) is 58.9 Å². The van der Waals surface area contributed by atoms with Crippen molar-refractivity contribution in [2.24, 2.45) is 11.7 Å². The molecule has 7 atom stereocenters. The highest BCUT2D eigenvalue weighted by Gasteiger charge is 2.47. The number of ether oxygens (including phenoxy) is 2. The number of hydrogen-bond donors (Lipinski definition) is 9. The number of aliphatic hydroxyl groups excluding tert-OH is 2. The maximum absolute atomic E-state index is 13.7. The average Bonchev–Trinajstić information content (AvgIpc) is 3.49. The molecule has 0 saturated carbocycles. The van der Waals surface area contributed by atoms with Crippen molar-refractivity contribution in [3.63, 3.8) is 0 Å². The summed E-state index contributed by atoms with van der Waals surface area (Å²) in [6.45, 7) is 10.8. The first-order valence-corrected chi connectivity index (χ1v) is 20.5. The molecule has 1 aromatic rings. The van der Waals surface area contributed by atoms with Crippen molar-refractivity contribution in [2.45, 2.75) is 135 Å². The molecule has 0 bridgehead atoms. The molecule has 2 aliphatic heterocycles. The van der Waals surface area contributed by atoms with E-state index in [0.717, 1.165) is 10.5 Å². The maximum atomic E-state index is 13.7. The minimum atomic E-state index is -1.79. The molecule has 0 aliphatic carbocycles. The van der Waals surface area contributed by atoms with Gasteiger partial charge in [-0.25, -0.2) is 9.59 Å². The smallest absolute Gasteiger partial charge is 0.407 e. The monoisotopic (exact) mass is 858 g/mol. The van der Waals surface area contributed by atoms with E-state index in [4.69, 9.17) is 15.2 Å². The van der Waals surface area contributed by atoms with E-state index in [1.165, 1.54) is 19.1 Å². The van der Waals surface area contributed by atoms with Gasteiger partial charge in [-0.15, -0.1) is 0 Å². The molecule has 61 heavy (non-hydrogen) atoms. The summed E-state index contributed by atoms with van der Waals surface area (Å²) in [5.74, 6) is -3.93. The molecular weight excluding hydrogens is 796 g/mol. The topological polar surface area (TPSA) is 297 Å². The van der Waals surface area contributed by atoms with E-state index >= 15 is 0 Å². The fraction of sp³-hybridized carbons (Fsp3) is 0.610. The number of unbranched alkanes of at least 4 members (excludes halogenated alkanes) is 2. The van der Waals surface area contributed by atoms with Crippen LogP contribution in [-0.4, -0.2) is 130 Å². The Labute approximate surface area is 355 Å². The van der Waals surface area contributed by atoms with E-state index in [-0.39, 0.29) is 44.2 Å². The molecule has 1 fully saturated rings. The van der Waals surface area contributed by atoms with Gasteiger partial charge < -0.3 is 57.3 Å². The molecule has 0 spiro atoms. The van der Waals surface area contributed by atoms with Gasteiger partial charge in [-0.2, -0.15) is 0 Å². The second-order valence-electron chi connectivity index (χ2n) is 16.4. The quantitative estimate of drug-likeness (QED) is 0.0594. The molecule has 338 valence electrons. The molecule has 20 nitrogen and oxygen atoms in total. The van der Waals surface area contributed by atoms with Gasteiger partial charge in [0.05, 0.1) is 12.1 Å². The first kappa shape index (κ1) is 49.8. The van der Waals surface area contributed by atoms with Gasteiger partial charge in [0, 0.05) is 43.9 Å². The van der Waals surface area contributed by atoms with Crippen molar-refractivity contribution in [3.05, 3.63) is 42.0 Å². The van der Waals surface area contributed by atoms with Gasteiger partial charge in [-0.3, -0.25) is 33.7 Å². The second kappa shape index (κ2) is 23.4. The van der Waals surface area contributed by atoms with Crippen LogP contribution in [-0.2, 0) is 44.7 Å². The van der Waals surface area contributed by atoms with Crippen LogP contribution in [0.1, 0.15) is 85.6 Å². The first-order valence-electron chi connectivity index (χ1n) is 20.5. The number of nitrogens with two attached hydrogens (primary N) is 1. The van der Waals surface area contributed by atoms with Crippen molar-refractivity contribution in [3.8, 4) is 0 Å². The molecular formula is C41H62N8O12. The van der Waals surface area contributed by atoms with Gasteiger partial charge in [0.15, 0.2) is 6.10 Å². The summed E-state index contributed by atoms with van der Waals surface area (Å²) in [6.07, 6.45) is -1.73. The third-order valence-electron chi connectivity index (χ3n) is 9.82. The summed E-state index contributed by atoms with van der Waals surface area (Å²) in [5, 5.41) is 37.7. The number of urea groups is 1. The van der Waals surface area contributed by atoms with E-state index in [0.29, 0.717) is 37.9 Å². The van der Waals surface area contributed by atoms with Crippen LogP contribution in [0.15, 0.2) is 36.4 Å². The summed E-state index contributed by atoms with van der Waals surface area (Å²) in [5.41, 5.74) is 5.84. The lowest BCUT2D eigenvalue weighted by atomic mass is 9.92. The van der Waals surface area contributed by atoms with Gasteiger partial charge in [-0.05, 0) is 83.4 Å². The van der Waals surface area contributed by atoms with Gasteiger partial charge in [0.2, 0.25) is 17.7 Å². The number of primary amides is 1. The Balaban J connectivity index is 1.56. The van der Waals surface area contributed by atoms with Crippen molar-refractivity contribution >= 4 is 53.3 Å². The molecule has 0 aromatic heterocycles. The molecule has 3 rings (SSSR count). The fourth-order valence-corrected chi connectivity index (χ4v) is 6.55. The molecule has 9 amide bonds. The third kappa shape index (κ3) is 16.4. The highest BCUT2D eigenvalue weighted by Crippen LogP contribution is 2.23. The summed E-state index contributed by atoms with van der Waals surface area (Å²) in [7, 11) is 0. The molecule has 20 heteroatoms. The first-order chi connectivity index (χ1) is 28.7. The minimum Gasteiger partial charge on any atom is -0.444 e. The maximum Gasteiger partial charge on any atom is 0.407 e. The van der Waals surface area contributed by atoms with E-state index in [2.05, 4.69) is 31.9 Å². The van der Waals surface area contributed by atoms with Gasteiger partial charge >= 0.3 is 12.1 Å². The van der Waals surface area contributed by atoms with Crippen molar-refractivity contribution in [1.82, 2.24) is 31.5 Å². The lowest BCUT2D eigenvalue weighted by Crippen LogP contribution is -2.66. The molecule has 2 heterocycles. The highest BCUT2D eigenvalue weighted by molar-refractivity contribution is 6.12. The highest BCUT2D eigenvalue weighted by atomic mass is 16.6. The molecule has 0 radical (unpaired) electrons. The third-order valence-corrected chi connectivity index (χ3v) is 9.82. The van der Waals surface area contributed by atoms with Gasteiger partial charge in [0.25, 0.3) is 17.7 Å². The van der Waals surface area contributed by atoms with Crippen LogP contribution in [0.4, 0.5) is 15.3 Å². The number of rotatable bonds is 21. The summed E-state index contributed by atoms with van der Waals surface area (Å²) >= 11 is 0. The zero-order valence-corrected chi connectivity index (χ0v) is 35.7. The normalized spacial score (nSPS) is 21.0. The minimum absolute atomic E-state index is 0.0604. The zero-order chi connectivity index (χ0) is 45.4. The summed E-state index contributed by atoms with van der Waals surface area (Å²) in [6, 6.07) is 2.69. The van der Waals surface area contributed by atoms with Crippen molar-refractivity contribution < 1.29 is 58.0 Å². The molecule has 1 aromatic carbocycles. The number of alkyl carbamates (subject to hydrolysis) is 1. The molecule has 2 aliphatic rings. The Morgan fingerprint density at radius 1 is 0.869 bits per heavy atom. The van der Waals surface area contributed by atoms with Crippen LogP contribution < -0.4 is 37.6 Å². The van der Waals surface area contributed by atoms with E-state index in [9.17, 15) is 48.6 Å². The number of imide groups is 1.